The van der Waals surface area contributed by atoms with E-state index in [1.165, 1.54) is 0 Å². The van der Waals surface area contributed by atoms with Crippen LogP contribution in [0.3, 0.4) is 0 Å². The zero-order valence-corrected chi connectivity index (χ0v) is 9.05. The molecule has 0 unspecified atom stereocenters. The normalized spacial score (nSPS) is 10.6. The molecule has 78 valence electrons. The van der Waals surface area contributed by atoms with Gasteiger partial charge < -0.3 is 9.84 Å². The lowest BCUT2D eigenvalue weighted by Gasteiger charge is -2.06. The Bertz CT molecular complexity index is 329. The first-order chi connectivity index (χ1) is 6.56. The highest BCUT2D eigenvalue weighted by Crippen LogP contribution is 2.20. The second-order valence-corrected chi connectivity index (χ2v) is 3.56. The first-order valence-corrected chi connectivity index (χ1v) is 4.82. The summed E-state index contributed by atoms with van der Waals surface area (Å²) in [6, 6.07) is 0. The molecular formula is C10H16N2O2. The number of nitrogens with zero attached hydrogens (tertiary/aromatic N) is 1. The molecule has 0 fully saturated rings. The highest BCUT2D eigenvalue weighted by atomic mass is 16.5. The summed E-state index contributed by atoms with van der Waals surface area (Å²) in [6.07, 6.45) is 0.731. The fourth-order valence-corrected chi connectivity index (χ4v) is 1.09. The summed E-state index contributed by atoms with van der Waals surface area (Å²) < 4.78 is 5.06. The zero-order valence-electron chi connectivity index (χ0n) is 9.05. The molecule has 0 aromatic carbocycles. The van der Waals surface area contributed by atoms with Crippen LogP contribution in [0.2, 0.25) is 0 Å². The van der Waals surface area contributed by atoms with Crippen molar-refractivity contribution in [2.75, 3.05) is 5.32 Å². The number of amides is 1. The third-order valence-electron chi connectivity index (χ3n) is 2.03. The molecule has 1 amide bonds. The van der Waals surface area contributed by atoms with Crippen LogP contribution in [0.25, 0.3) is 0 Å². The Morgan fingerprint density at radius 2 is 2.21 bits per heavy atom. The van der Waals surface area contributed by atoms with Gasteiger partial charge in [0.15, 0.2) is 5.76 Å². The average molecular weight is 196 g/mol. The molecule has 0 saturated heterocycles. The van der Waals surface area contributed by atoms with Gasteiger partial charge in [-0.2, -0.15) is 0 Å². The molecule has 0 bridgehead atoms. The lowest BCUT2D eigenvalue weighted by atomic mass is 10.2. The van der Waals surface area contributed by atoms with Crippen LogP contribution >= 0.6 is 0 Å². The standard InChI is InChI=1S/C10H16N2O2/c1-5-8-9(7(4)12-14-8)11-10(13)6(2)3/h6H,5H2,1-4H3,(H,11,13). The molecule has 14 heavy (non-hydrogen) atoms. The Morgan fingerprint density at radius 1 is 1.57 bits per heavy atom. The molecule has 0 aliphatic heterocycles. The van der Waals surface area contributed by atoms with Crippen molar-refractivity contribution in [3.8, 4) is 0 Å². The van der Waals surface area contributed by atoms with Crippen molar-refractivity contribution in [2.45, 2.75) is 34.1 Å². The predicted octanol–water partition coefficient (Wildman–Crippen LogP) is 2.14. The number of carbonyl (C=O) groups excluding carboxylic acids is 1. The summed E-state index contributed by atoms with van der Waals surface area (Å²) in [6.45, 7) is 7.48. The minimum atomic E-state index is -0.0333. The Labute approximate surface area is 83.7 Å². The van der Waals surface area contributed by atoms with Crippen molar-refractivity contribution in [3.05, 3.63) is 11.5 Å². The van der Waals surface area contributed by atoms with Gasteiger partial charge in [0.05, 0.1) is 0 Å². The quantitative estimate of drug-likeness (QED) is 0.805. The fraction of sp³-hybridized carbons (Fsp3) is 0.600. The molecule has 1 heterocycles. The third kappa shape index (κ3) is 2.13. The van der Waals surface area contributed by atoms with Gasteiger partial charge in [0.1, 0.15) is 11.4 Å². The van der Waals surface area contributed by atoms with E-state index in [-0.39, 0.29) is 11.8 Å². The van der Waals surface area contributed by atoms with Gasteiger partial charge in [0.25, 0.3) is 0 Å². The largest absolute Gasteiger partial charge is 0.359 e. The number of anilines is 1. The van der Waals surface area contributed by atoms with E-state index < -0.39 is 0 Å². The van der Waals surface area contributed by atoms with Gasteiger partial charge in [-0.25, -0.2) is 0 Å². The Morgan fingerprint density at radius 3 is 2.71 bits per heavy atom. The van der Waals surface area contributed by atoms with E-state index in [9.17, 15) is 4.79 Å². The fourth-order valence-electron chi connectivity index (χ4n) is 1.09. The Kier molecular flexibility index (Phi) is 3.28. The van der Waals surface area contributed by atoms with E-state index in [2.05, 4.69) is 10.5 Å². The van der Waals surface area contributed by atoms with E-state index in [0.29, 0.717) is 0 Å². The maximum absolute atomic E-state index is 11.5. The van der Waals surface area contributed by atoms with Crippen LogP contribution in [0.15, 0.2) is 4.52 Å². The highest BCUT2D eigenvalue weighted by Gasteiger charge is 2.15. The van der Waals surface area contributed by atoms with Gasteiger partial charge in [0.2, 0.25) is 5.91 Å². The molecule has 0 saturated carbocycles. The molecule has 4 heteroatoms. The first kappa shape index (κ1) is 10.8. The summed E-state index contributed by atoms with van der Waals surface area (Å²) >= 11 is 0. The van der Waals surface area contributed by atoms with E-state index >= 15 is 0 Å². The highest BCUT2D eigenvalue weighted by molar-refractivity contribution is 5.93. The predicted molar refractivity (Wildman–Crippen MR) is 54.1 cm³/mol. The molecule has 0 aliphatic rings. The van der Waals surface area contributed by atoms with Gasteiger partial charge in [0, 0.05) is 12.3 Å². The molecule has 0 spiro atoms. The first-order valence-electron chi connectivity index (χ1n) is 4.82. The van der Waals surface area contributed by atoms with Crippen molar-refractivity contribution >= 4 is 11.6 Å². The number of hydrogen-bond acceptors (Lipinski definition) is 3. The Hall–Kier alpha value is -1.32. The molecular weight excluding hydrogens is 180 g/mol. The topological polar surface area (TPSA) is 55.1 Å². The van der Waals surface area contributed by atoms with Crippen LogP contribution in [0, 0.1) is 12.8 Å². The number of carbonyl (C=O) groups is 1. The van der Waals surface area contributed by atoms with Gasteiger partial charge in [-0.3, -0.25) is 4.79 Å². The van der Waals surface area contributed by atoms with Crippen molar-refractivity contribution in [1.82, 2.24) is 5.16 Å². The lowest BCUT2D eigenvalue weighted by molar-refractivity contribution is -0.118. The van der Waals surface area contributed by atoms with Crippen molar-refractivity contribution in [1.29, 1.82) is 0 Å². The van der Waals surface area contributed by atoms with Gasteiger partial charge in [-0.1, -0.05) is 25.9 Å². The van der Waals surface area contributed by atoms with E-state index in [1.807, 2.05) is 27.7 Å². The summed E-state index contributed by atoms with van der Waals surface area (Å²) in [5.74, 6) is 0.691. The molecule has 4 nitrogen and oxygen atoms in total. The second kappa shape index (κ2) is 4.26. The maximum Gasteiger partial charge on any atom is 0.227 e. The SMILES string of the molecule is CCc1onc(C)c1NC(=O)C(C)C. The number of hydrogen-bond donors (Lipinski definition) is 1. The number of nitrogens with one attached hydrogen (secondary N) is 1. The molecule has 0 aliphatic carbocycles. The minimum absolute atomic E-state index is 0.00833. The number of aryl methyl sites for hydroxylation is 2. The number of rotatable bonds is 3. The molecule has 0 radical (unpaired) electrons. The van der Waals surface area contributed by atoms with E-state index in [1.54, 1.807) is 0 Å². The molecule has 1 rings (SSSR count). The lowest BCUT2D eigenvalue weighted by Crippen LogP contribution is -2.18. The zero-order chi connectivity index (χ0) is 10.7. The van der Waals surface area contributed by atoms with Gasteiger partial charge in [-0.05, 0) is 6.92 Å². The summed E-state index contributed by atoms with van der Waals surface area (Å²) in [7, 11) is 0. The van der Waals surface area contributed by atoms with Gasteiger partial charge in [-0.15, -0.1) is 0 Å². The summed E-state index contributed by atoms with van der Waals surface area (Å²) in [5, 5.41) is 6.62. The smallest absolute Gasteiger partial charge is 0.227 e. The minimum Gasteiger partial charge on any atom is -0.359 e. The van der Waals surface area contributed by atoms with Crippen molar-refractivity contribution in [2.24, 2.45) is 5.92 Å². The van der Waals surface area contributed by atoms with Crippen molar-refractivity contribution in [3.63, 3.8) is 0 Å². The van der Waals surface area contributed by atoms with Crippen molar-refractivity contribution < 1.29 is 9.32 Å². The molecule has 0 atom stereocenters. The van der Waals surface area contributed by atoms with Crippen LogP contribution in [0.1, 0.15) is 32.2 Å². The molecule has 1 aromatic rings. The monoisotopic (exact) mass is 196 g/mol. The summed E-state index contributed by atoms with van der Waals surface area (Å²) in [4.78, 5) is 11.5. The van der Waals surface area contributed by atoms with Crippen LogP contribution in [0.5, 0.6) is 0 Å². The average Bonchev–Trinajstić information content (AvgIpc) is 2.47. The molecule has 1 N–H and O–H groups in total. The van der Waals surface area contributed by atoms with E-state index in [4.69, 9.17) is 4.52 Å². The van der Waals surface area contributed by atoms with Crippen LogP contribution in [-0.4, -0.2) is 11.1 Å². The van der Waals surface area contributed by atoms with E-state index in [0.717, 1.165) is 23.6 Å². The van der Waals surface area contributed by atoms with Crippen LogP contribution in [0.4, 0.5) is 5.69 Å². The van der Waals surface area contributed by atoms with Crippen LogP contribution in [-0.2, 0) is 11.2 Å². The summed E-state index contributed by atoms with van der Waals surface area (Å²) in [5.41, 5.74) is 1.46. The number of aromatic nitrogens is 1. The third-order valence-corrected chi connectivity index (χ3v) is 2.03. The van der Waals surface area contributed by atoms with Gasteiger partial charge >= 0.3 is 0 Å². The Balaban J connectivity index is 2.84. The van der Waals surface area contributed by atoms with Crippen LogP contribution < -0.4 is 5.32 Å². The maximum atomic E-state index is 11.5. The molecule has 1 aromatic heterocycles. The second-order valence-electron chi connectivity index (χ2n) is 3.56.